The molecule has 1 aromatic rings. The standard InChI is InChI=1S/C14H22N2O4S/c1-2-21(18,19)16-9-7-12(8-10-16)15-14(17)6-5-13-4-3-11-20-13/h3-4,11-12H,2,5-10H2,1H3,(H,15,17). The van der Waals surface area contributed by atoms with E-state index in [0.29, 0.717) is 38.8 Å². The van der Waals surface area contributed by atoms with Crippen LogP contribution in [0.1, 0.15) is 31.9 Å². The molecule has 1 fully saturated rings. The van der Waals surface area contributed by atoms with Gasteiger partial charge in [0, 0.05) is 32.0 Å². The van der Waals surface area contributed by atoms with Gasteiger partial charge in [0.25, 0.3) is 0 Å². The van der Waals surface area contributed by atoms with Crippen LogP contribution in [-0.2, 0) is 21.2 Å². The number of carbonyl (C=O) groups is 1. The van der Waals surface area contributed by atoms with Gasteiger partial charge in [-0.15, -0.1) is 0 Å². The number of hydrogen-bond acceptors (Lipinski definition) is 4. The number of aryl methyl sites for hydroxylation is 1. The Balaban J connectivity index is 1.72. The maximum atomic E-state index is 11.9. The molecule has 7 heteroatoms. The average molecular weight is 314 g/mol. The van der Waals surface area contributed by atoms with Gasteiger partial charge in [0.2, 0.25) is 15.9 Å². The van der Waals surface area contributed by atoms with E-state index in [1.807, 2.05) is 6.07 Å². The Labute approximate surface area is 125 Å². The molecule has 1 saturated heterocycles. The maximum Gasteiger partial charge on any atom is 0.220 e. The Hall–Kier alpha value is -1.34. The van der Waals surface area contributed by atoms with E-state index in [1.165, 1.54) is 4.31 Å². The first-order chi connectivity index (χ1) is 10.0. The van der Waals surface area contributed by atoms with Crippen molar-refractivity contribution < 1.29 is 17.6 Å². The summed E-state index contributed by atoms with van der Waals surface area (Å²) in [5, 5.41) is 2.97. The predicted octanol–water partition coefficient (Wildman–Crippen LogP) is 1.14. The lowest BCUT2D eigenvalue weighted by atomic mass is 10.1. The summed E-state index contributed by atoms with van der Waals surface area (Å²) in [6, 6.07) is 3.72. The molecule has 0 bridgehead atoms. The number of furan rings is 1. The van der Waals surface area contributed by atoms with E-state index in [2.05, 4.69) is 5.32 Å². The van der Waals surface area contributed by atoms with Crippen molar-refractivity contribution in [1.29, 1.82) is 0 Å². The number of amides is 1. The van der Waals surface area contributed by atoms with E-state index < -0.39 is 10.0 Å². The predicted molar refractivity (Wildman–Crippen MR) is 79.2 cm³/mol. The van der Waals surface area contributed by atoms with Gasteiger partial charge >= 0.3 is 0 Å². The third kappa shape index (κ3) is 4.57. The van der Waals surface area contributed by atoms with Gasteiger partial charge in [0.05, 0.1) is 12.0 Å². The SMILES string of the molecule is CCS(=O)(=O)N1CCC(NC(=O)CCc2ccco2)CC1. The molecule has 0 unspecified atom stereocenters. The molecule has 118 valence electrons. The highest BCUT2D eigenvalue weighted by atomic mass is 32.2. The zero-order valence-electron chi connectivity index (χ0n) is 12.2. The molecule has 1 aromatic heterocycles. The van der Waals surface area contributed by atoms with Crippen molar-refractivity contribution in [3.05, 3.63) is 24.2 Å². The highest BCUT2D eigenvalue weighted by Gasteiger charge is 2.27. The summed E-state index contributed by atoms with van der Waals surface area (Å²) in [6.07, 6.45) is 3.91. The second kappa shape index (κ2) is 7.09. The highest BCUT2D eigenvalue weighted by Crippen LogP contribution is 2.14. The lowest BCUT2D eigenvalue weighted by Gasteiger charge is -2.31. The number of hydrogen-bond donors (Lipinski definition) is 1. The van der Waals surface area contributed by atoms with Crippen molar-refractivity contribution in [3.8, 4) is 0 Å². The first-order valence-electron chi connectivity index (χ1n) is 7.31. The van der Waals surface area contributed by atoms with Gasteiger partial charge in [-0.3, -0.25) is 4.79 Å². The fourth-order valence-corrected chi connectivity index (χ4v) is 3.58. The molecule has 1 aliphatic heterocycles. The summed E-state index contributed by atoms with van der Waals surface area (Å²) in [4.78, 5) is 11.9. The van der Waals surface area contributed by atoms with Crippen molar-refractivity contribution >= 4 is 15.9 Å². The van der Waals surface area contributed by atoms with Crippen molar-refractivity contribution in [3.63, 3.8) is 0 Å². The number of sulfonamides is 1. The summed E-state index contributed by atoms with van der Waals surface area (Å²) in [7, 11) is -3.10. The van der Waals surface area contributed by atoms with Gasteiger partial charge in [-0.05, 0) is 31.9 Å². The van der Waals surface area contributed by atoms with Crippen LogP contribution in [0.2, 0.25) is 0 Å². The molecule has 1 amide bonds. The van der Waals surface area contributed by atoms with Crippen LogP contribution in [0.25, 0.3) is 0 Å². The van der Waals surface area contributed by atoms with E-state index in [4.69, 9.17) is 4.42 Å². The minimum atomic E-state index is -3.10. The Bertz CT molecular complexity index is 546. The molecule has 0 radical (unpaired) electrons. The molecule has 1 N–H and O–H groups in total. The molecule has 2 rings (SSSR count). The van der Waals surface area contributed by atoms with Crippen molar-refractivity contribution in [1.82, 2.24) is 9.62 Å². The summed E-state index contributed by atoms with van der Waals surface area (Å²) >= 11 is 0. The normalized spacial score (nSPS) is 17.8. The smallest absolute Gasteiger partial charge is 0.220 e. The Morgan fingerprint density at radius 1 is 1.43 bits per heavy atom. The zero-order valence-corrected chi connectivity index (χ0v) is 13.1. The largest absolute Gasteiger partial charge is 0.469 e. The maximum absolute atomic E-state index is 11.9. The van der Waals surface area contributed by atoms with Crippen LogP contribution in [0.15, 0.2) is 22.8 Å². The van der Waals surface area contributed by atoms with E-state index in [-0.39, 0.29) is 17.7 Å². The number of nitrogens with one attached hydrogen (secondary N) is 1. The third-order valence-corrected chi connectivity index (χ3v) is 5.64. The molecule has 0 aromatic carbocycles. The molecule has 1 aliphatic rings. The topological polar surface area (TPSA) is 79.6 Å². The minimum absolute atomic E-state index is 0.0109. The van der Waals surface area contributed by atoms with Crippen LogP contribution >= 0.6 is 0 Å². The summed E-state index contributed by atoms with van der Waals surface area (Å²) in [5.74, 6) is 0.921. The van der Waals surface area contributed by atoms with E-state index in [1.54, 1.807) is 19.3 Å². The van der Waals surface area contributed by atoms with E-state index in [0.717, 1.165) is 5.76 Å². The number of carbonyl (C=O) groups excluding carboxylic acids is 1. The van der Waals surface area contributed by atoms with Gasteiger partial charge in [-0.2, -0.15) is 0 Å². The summed E-state index contributed by atoms with van der Waals surface area (Å²) in [5.41, 5.74) is 0. The van der Waals surface area contributed by atoms with Gasteiger partial charge in [-0.1, -0.05) is 0 Å². The fourth-order valence-electron chi connectivity index (χ4n) is 2.45. The molecule has 0 aliphatic carbocycles. The molecule has 0 atom stereocenters. The summed E-state index contributed by atoms with van der Waals surface area (Å²) in [6.45, 7) is 2.62. The number of piperidine rings is 1. The molecule has 0 saturated carbocycles. The van der Waals surface area contributed by atoms with Crippen molar-refractivity contribution in [2.45, 2.75) is 38.6 Å². The van der Waals surface area contributed by atoms with Gasteiger partial charge < -0.3 is 9.73 Å². The zero-order chi connectivity index (χ0) is 15.3. The number of nitrogens with zero attached hydrogens (tertiary/aromatic N) is 1. The monoisotopic (exact) mass is 314 g/mol. The van der Waals surface area contributed by atoms with Crippen LogP contribution in [-0.4, -0.2) is 43.5 Å². The first-order valence-corrected chi connectivity index (χ1v) is 8.91. The summed E-state index contributed by atoms with van der Waals surface area (Å²) < 4.78 is 30.2. The van der Waals surface area contributed by atoms with Crippen LogP contribution < -0.4 is 5.32 Å². The lowest BCUT2D eigenvalue weighted by molar-refractivity contribution is -0.122. The molecule has 21 heavy (non-hydrogen) atoms. The van der Waals surface area contributed by atoms with E-state index in [9.17, 15) is 13.2 Å². The fraction of sp³-hybridized carbons (Fsp3) is 0.643. The first kappa shape index (κ1) is 16.0. The highest BCUT2D eigenvalue weighted by molar-refractivity contribution is 7.89. The minimum Gasteiger partial charge on any atom is -0.469 e. The molecule has 2 heterocycles. The van der Waals surface area contributed by atoms with Gasteiger partial charge in [0.1, 0.15) is 5.76 Å². The molecular weight excluding hydrogens is 292 g/mol. The van der Waals surface area contributed by atoms with Crippen LogP contribution in [0.5, 0.6) is 0 Å². The van der Waals surface area contributed by atoms with E-state index >= 15 is 0 Å². The number of rotatable bonds is 6. The average Bonchev–Trinajstić information content (AvgIpc) is 2.99. The van der Waals surface area contributed by atoms with Crippen LogP contribution in [0.3, 0.4) is 0 Å². The van der Waals surface area contributed by atoms with Crippen LogP contribution in [0.4, 0.5) is 0 Å². The molecule has 6 nitrogen and oxygen atoms in total. The lowest BCUT2D eigenvalue weighted by Crippen LogP contribution is -2.46. The Kier molecular flexibility index (Phi) is 5.41. The third-order valence-electron chi connectivity index (χ3n) is 3.76. The molecule has 0 spiro atoms. The quantitative estimate of drug-likeness (QED) is 0.854. The molecular formula is C14H22N2O4S. The van der Waals surface area contributed by atoms with Crippen molar-refractivity contribution in [2.24, 2.45) is 0 Å². The van der Waals surface area contributed by atoms with Gasteiger partial charge in [-0.25, -0.2) is 12.7 Å². The van der Waals surface area contributed by atoms with Gasteiger partial charge in [0.15, 0.2) is 0 Å². The second-order valence-corrected chi connectivity index (χ2v) is 7.48. The Morgan fingerprint density at radius 2 is 2.14 bits per heavy atom. The second-order valence-electron chi connectivity index (χ2n) is 5.22. The van der Waals surface area contributed by atoms with Crippen molar-refractivity contribution in [2.75, 3.05) is 18.8 Å². The van der Waals surface area contributed by atoms with Crippen LogP contribution in [0, 0.1) is 0 Å². The Morgan fingerprint density at radius 3 is 2.71 bits per heavy atom.